The van der Waals surface area contributed by atoms with Crippen molar-refractivity contribution in [2.24, 2.45) is 5.92 Å². The Balaban J connectivity index is 0.00000232. The summed E-state index contributed by atoms with van der Waals surface area (Å²) in [4.78, 5) is 2.74. The zero-order chi connectivity index (χ0) is 17.2. The van der Waals surface area contributed by atoms with Crippen LogP contribution in [0.15, 0.2) is 0 Å². The van der Waals surface area contributed by atoms with E-state index >= 15 is 0 Å². The molecule has 0 aromatic heterocycles. The summed E-state index contributed by atoms with van der Waals surface area (Å²) in [7, 11) is 0. The predicted octanol–water partition coefficient (Wildman–Crippen LogP) is 6.56. The van der Waals surface area contributed by atoms with Crippen molar-refractivity contribution in [3.8, 4) is 6.57 Å². The smallest absolute Gasteiger partial charge is 0.0462 e. The van der Waals surface area contributed by atoms with Gasteiger partial charge in [0.1, 0.15) is 0 Å². The highest BCUT2D eigenvalue weighted by atomic mass is 15.1. The van der Waals surface area contributed by atoms with Gasteiger partial charge in [0.25, 0.3) is 0 Å². The van der Waals surface area contributed by atoms with Crippen LogP contribution in [0.2, 0.25) is 0 Å². The molecule has 23 heavy (non-hydrogen) atoms. The maximum Gasteiger partial charge on any atom is 0.0462 e. The fraction of sp³-hybridized carbons (Fsp3) is 0.952. The third-order valence-corrected chi connectivity index (χ3v) is 5.13. The lowest BCUT2D eigenvalue weighted by Crippen LogP contribution is -2.35. The zero-order valence-electron chi connectivity index (χ0n) is 16.1. The van der Waals surface area contributed by atoms with Crippen LogP contribution in [0.25, 0.3) is 0 Å². The Bertz CT molecular complexity index is 247. The van der Waals surface area contributed by atoms with E-state index in [1.165, 1.54) is 110 Å². The molecule has 1 atom stereocenters. The number of nitrogens with zero attached hydrogens (tertiary/aromatic N) is 2. The zero-order valence-corrected chi connectivity index (χ0v) is 16.1. The van der Waals surface area contributed by atoms with Crippen molar-refractivity contribution in [3.05, 3.63) is 0 Å². The van der Waals surface area contributed by atoms with Gasteiger partial charge in [-0.15, -0.1) is 0 Å². The average molecular weight is 323 g/mol. The molecule has 0 aliphatic carbocycles. The van der Waals surface area contributed by atoms with Crippen LogP contribution in [0, 0.1) is 17.8 Å². The largest absolute Gasteiger partial charge is 0.303 e. The third-order valence-electron chi connectivity index (χ3n) is 5.13. The highest BCUT2D eigenvalue weighted by molar-refractivity contribution is 4.72. The summed E-state index contributed by atoms with van der Waals surface area (Å²) >= 11 is 0. The topological polar surface area (TPSA) is 27.0 Å². The van der Waals surface area contributed by atoms with Gasteiger partial charge in [-0.1, -0.05) is 78.1 Å². The number of likely N-dealkylation sites (tertiary alicyclic amines) is 1. The van der Waals surface area contributed by atoms with Gasteiger partial charge in [-0.3, -0.25) is 0 Å². The van der Waals surface area contributed by atoms with Gasteiger partial charge in [-0.25, -0.2) is 5.26 Å². The first-order chi connectivity index (χ1) is 11.4. The molecular weight excluding hydrogens is 280 g/mol. The van der Waals surface area contributed by atoms with Gasteiger partial charge in [0.05, 0.1) is 0 Å². The molecule has 0 aromatic carbocycles. The molecule has 1 fully saturated rings. The first kappa shape index (κ1) is 22.4. The minimum Gasteiger partial charge on any atom is -0.303 e. The summed E-state index contributed by atoms with van der Waals surface area (Å²) in [5.74, 6) is 1.01. The summed E-state index contributed by atoms with van der Waals surface area (Å²) < 4.78 is 0. The molecule has 2 heteroatoms. The van der Waals surface area contributed by atoms with Crippen LogP contribution < -0.4 is 0 Å². The Hall–Kier alpha value is -0.550. The van der Waals surface area contributed by atoms with Crippen LogP contribution in [0.4, 0.5) is 0 Å². The van der Waals surface area contributed by atoms with Crippen LogP contribution in [-0.4, -0.2) is 24.5 Å². The number of rotatable bonds is 13. The fourth-order valence-electron chi connectivity index (χ4n) is 3.82. The van der Waals surface area contributed by atoms with Crippen LogP contribution in [-0.2, 0) is 0 Å². The minimum absolute atomic E-state index is 1.01. The molecule has 1 saturated heterocycles. The van der Waals surface area contributed by atoms with Gasteiger partial charge >= 0.3 is 0 Å². The molecule has 1 aliphatic rings. The fourth-order valence-corrected chi connectivity index (χ4v) is 3.82. The van der Waals surface area contributed by atoms with Crippen molar-refractivity contribution in [2.45, 2.75) is 104 Å². The SMILES string of the molecule is C#N.CCCCCCCCCCCCN1CCCC(CCC)C1. The molecule has 0 aromatic rings. The second-order valence-electron chi connectivity index (χ2n) is 7.28. The van der Waals surface area contributed by atoms with Crippen LogP contribution in [0.3, 0.4) is 0 Å². The first-order valence-corrected chi connectivity index (χ1v) is 10.3. The average Bonchev–Trinajstić information content (AvgIpc) is 2.59. The second kappa shape index (κ2) is 17.8. The normalized spacial score (nSPS) is 18.3. The van der Waals surface area contributed by atoms with E-state index in [1.807, 2.05) is 0 Å². The molecule has 1 unspecified atom stereocenters. The maximum absolute atomic E-state index is 6.50. The highest BCUT2D eigenvalue weighted by Gasteiger charge is 2.18. The van der Waals surface area contributed by atoms with Crippen LogP contribution in [0.1, 0.15) is 104 Å². The number of nitriles is 1. The lowest BCUT2D eigenvalue weighted by molar-refractivity contribution is 0.165. The molecule has 0 radical (unpaired) electrons. The lowest BCUT2D eigenvalue weighted by Gasteiger charge is -2.32. The number of piperidine rings is 1. The number of hydrogen-bond acceptors (Lipinski definition) is 2. The van der Waals surface area contributed by atoms with E-state index in [9.17, 15) is 0 Å². The minimum atomic E-state index is 1.01. The van der Waals surface area contributed by atoms with E-state index < -0.39 is 0 Å². The molecule has 0 N–H and O–H groups in total. The second-order valence-corrected chi connectivity index (χ2v) is 7.28. The summed E-state index contributed by atoms with van der Waals surface area (Å²) in [5.41, 5.74) is 0. The van der Waals surface area contributed by atoms with Crippen LogP contribution in [0.5, 0.6) is 0 Å². The van der Waals surface area contributed by atoms with Gasteiger partial charge < -0.3 is 4.90 Å². The molecule has 136 valence electrons. The van der Waals surface area contributed by atoms with Gasteiger partial charge in [-0.2, -0.15) is 0 Å². The highest BCUT2D eigenvalue weighted by Crippen LogP contribution is 2.21. The molecule has 1 aliphatic heterocycles. The van der Waals surface area contributed by atoms with Crippen molar-refractivity contribution in [3.63, 3.8) is 0 Å². The van der Waals surface area contributed by atoms with E-state index in [4.69, 9.17) is 5.26 Å². The molecule has 2 nitrogen and oxygen atoms in total. The number of hydrogen-bond donors (Lipinski definition) is 0. The van der Waals surface area contributed by atoms with Gasteiger partial charge in [-0.05, 0) is 44.7 Å². The monoisotopic (exact) mass is 322 g/mol. The standard InChI is InChI=1S/C20H41N.CHN/c1-3-5-6-7-8-9-10-11-12-13-17-21-18-14-16-20(19-21)15-4-2;1-2/h20H,3-19H2,1-2H3;1H. The van der Waals surface area contributed by atoms with Crippen LogP contribution >= 0.6 is 0 Å². The van der Waals surface area contributed by atoms with Crippen molar-refractivity contribution >= 4 is 0 Å². The third kappa shape index (κ3) is 13.6. The van der Waals surface area contributed by atoms with Crippen molar-refractivity contribution < 1.29 is 0 Å². The summed E-state index contributed by atoms with van der Waals surface area (Å²) in [6, 6.07) is 0. The molecule has 1 heterocycles. The van der Waals surface area contributed by atoms with E-state index in [-0.39, 0.29) is 0 Å². The molecule has 1 rings (SSSR count). The molecule has 0 spiro atoms. The summed E-state index contributed by atoms with van der Waals surface area (Å²) in [5, 5.41) is 6.50. The van der Waals surface area contributed by atoms with E-state index in [2.05, 4.69) is 25.3 Å². The van der Waals surface area contributed by atoms with Crippen molar-refractivity contribution in [1.82, 2.24) is 4.90 Å². The predicted molar refractivity (Wildman–Crippen MR) is 103 cm³/mol. The van der Waals surface area contributed by atoms with Crippen molar-refractivity contribution in [2.75, 3.05) is 19.6 Å². The van der Waals surface area contributed by atoms with Gasteiger partial charge in [0.15, 0.2) is 0 Å². The van der Waals surface area contributed by atoms with Gasteiger partial charge in [0.2, 0.25) is 0 Å². The molecule has 0 amide bonds. The van der Waals surface area contributed by atoms with E-state index in [0.717, 1.165) is 5.92 Å². The maximum atomic E-state index is 6.50. The molecular formula is C21H42N2. The molecule has 0 saturated carbocycles. The first-order valence-electron chi connectivity index (χ1n) is 10.3. The Morgan fingerprint density at radius 2 is 1.39 bits per heavy atom. The Morgan fingerprint density at radius 3 is 1.96 bits per heavy atom. The van der Waals surface area contributed by atoms with E-state index in [1.54, 1.807) is 0 Å². The Labute approximate surface area is 146 Å². The Kier molecular flexibility index (Phi) is 17.4. The quantitative estimate of drug-likeness (QED) is 0.359. The summed E-state index contributed by atoms with van der Waals surface area (Å²) in [6.07, 6.45) is 20.3. The lowest BCUT2D eigenvalue weighted by atomic mass is 9.93. The Morgan fingerprint density at radius 1 is 0.826 bits per heavy atom. The van der Waals surface area contributed by atoms with Crippen molar-refractivity contribution in [1.29, 1.82) is 5.26 Å². The summed E-state index contributed by atoms with van der Waals surface area (Å²) in [6.45, 7) is 12.3. The number of unbranched alkanes of at least 4 members (excludes halogenated alkanes) is 9. The van der Waals surface area contributed by atoms with E-state index in [0.29, 0.717) is 0 Å². The van der Waals surface area contributed by atoms with Gasteiger partial charge in [0, 0.05) is 13.1 Å². The molecule has 0 bridgehead atoms.